The number of ether oxygens (including phenoxy) is 2. The van der Waals surface area contributed by atoms with Gasteiger partial charge in [0.1, 0.15) is 0 Å². The molecule has 0 saturated carbocycles. The van der Waals surface area contributed by atoms with E-state index in [0.717, 1.165) is 12.1 Å². The average molecular weight is 293 g/mol. The van der Waals surface area contributed by atoms with Gasteiger partial charge in [0.25, 0.3) is 0 Å². The molecule has 2 rings (SSSR count). The summed E-state index contributed by atoms with van der Waals surface area (Å²) in [5, 5.41) is 8.93. The minimum absolute atomic E-state index is 0.174. The number of nitrogens with zero attached hydrogens (tertiary/aromatic N) is 1. The van der Waals surface area contributed by atoms with E-state index in [1.54, 1.807) is 17.4 Å². The molecule has 0 amide bonds. The van der Waals surface area contributed by atoms with E-state index in [1.807, 2.05) is 12.4 Å². The van der Waals surface area contributed by atoms with E-state index in [4.69, 9.17) is 14.6 Å². The standard InChI is InChI=1S/C14H15NO4S/c1-9-13(20-8-15-9)5-6-19-11-4-3-10(14(16)17)7-12(11)18-2/h3-4,7-8H,5-6H2,1-2H3,(H,16,17). The highest BCUT2D eigenvalue weighted by Crippen LogP contribution is 2.28. The van der Waals surface area contributed by atoms with Crippen molar-refractivity contribution in [2.75, 3.05) is 13.7 Å². The van der Waals surface area contributed by atoms with Gasteiger partial charge in [-0.2, -0.15) is 0 Å². The Morgan fingerprint density at radius 2 is 2.20 bits per heavy atom. The van der Waals surface area contributed by atoms with Crippen LogP contribution in [0.1, 0.15) is 20.9 Å². The monoisotopic (exact) mass is 293 g/mol. The molecule has 20 heavy (non-hydrogen) atoms. The van der Waals surface area contributed by atoms with Gasteiger partial charge in [-0.3, -0.25) is 0 Å². The highest BCUT2D eigenvalue weighted by molar-refractivity contribution is 7.09. The van der Waals surface area contributed by atoms with Crippen LogP contribution in [0.2, 0.25) is 0 Å². The Hall–Kier alpha value is -2.08. The van der Waals surface area contributed by atoms with Crippen LogP contribution >= 0.6 is 11.3 Å². The molecule has 0 aliphatic rings. The second-order valence-corrected chi connectivity index (χ2v) is 5.07. The number of hydrogen-bond acceptors (Lipinski definition) is 5. The van der Waals surface area contributed by atoms with Crippen LogP contribution in [0.3, 0.4) is 0 Å². The van der Waals surface area contributed by atoms with Crippen LogP contribution in [0.15, 0.2) is 23.7 Å². The number of methoxy groups -OCH3 is 1. The summed E-state index contributed by atoms with van der Waals surface area (Å²) in [4.78, 5) is 16.3. The summed E-state index contributed by atoms with van der Waals surface area (Å²) in [6.07, 6.45) is 0.764. The number of aryl methyl sites for hydroxylation is 1. The minimum Gasteiger partial charge on any atom is -0.493 e. The molecule has 0 spiro atoms. The second-order valence-electron chi connectivity index (χ2n) is 4.13. The molecule has 0 atom stereocenters. The molecule has 1 aromatic heterocycles. The molecule has 0 radical (unpaired) electrons. The first-order chi connectivity index (χ1) is 9.61. The molecule has 2 aromatic rings. The number of carbonyl (C=O) groups is 1. The summed E-state index contributed by atoms with van der Waals surface area (Å²) in [5.41, 5.74) is 3.01. The van der Waals surface area contributed by atoms with Crippen molar-refractivity contribution in [3.8, 4) is 11.5 Å². The largest absolute Gasteiger partial charge is 0.493 e. The maximum atomic E-state index is 10.9. The molecule has 0 unspecified atom stereocenters. The van der Waals surface area contributed by atoms with Crippen molar-refractivity contribution in [3.05, 3.63) is 39.8 Å². The van der Waals surface area contributed by atoms with E-state index >= 15 is 0 Å². The van der Waals surface area contributed by atoms with Crippen LogP contribution in [0.25, 0.3) is 0 Å². The highest BCUT2D eigenvalue weighted by Gasteiger charge is 2.10. The minimum atomic E-state index is -0.991. The van der Waals surface area contributed by atoms with Crippen LogP contribution in [0, 0.1) is 6.92 Å². The molecule has 1 heterocycles. The Bertz CT molecular complexity index is 609. The van der Waals surface area contributed by atoms with Crippen molar-refractivity contribution in [1.29, 1.82) is 0 Å². The van der Waals surface area contributed by atoms with Gasteiger partial charge in [-0.15, -0.1) is 11.3 Å². The molecule has 0 fully saturated rings. The zero-order valence-corrected chi connectivity index (χ0v) is 12.1. The summed E-state index contributed by atoms with van der Waals surface area (Å²) in [7, 11) is 1.49. The van der Waals surface area contributed by atoms with Crippen LogP contribution in [-0.4, -0.2) is 29.8 Å². The van der Waals surface area contributed by atoms with E-state index in [-0.39, 0.29) is 5.56 Å². The van der Waals surface area contributed by atoms with Gasteiger partial charge in [-0.25, -0.2) is 9.78 Å². The zero-order valence-electron chi connectivity index (χ0n) is 11.3. The molecule has 106 valence electrons. The van der Waals surface area contributed by atoms with Crippen LogP contribution < -0.4 is 9.47 Å². The Morgan fingerprint density at radius 1 is 1.40 bits per heavy atom. The van der Waals surface area contributed by atoms with Gasteiger partial charge in [0.2, 0.25) is 0 Å². The predicted octanol–water partition coefficient (Wildman–Crippen LogP) is 2.78. The molecule has 0 saturated heterocycles. The van der Waals surface area contributed by atoms with Gasteiger partial charge in [0, 0.05) is 11.3 Å². The lowest BCUT2D eigenvalue weighted by Gasteiger charge is -2.11. The normalized spacial score (nSPS) is 10.3. The molecule has 5 nitrogen and oxygen atoms in total. The van der Waals surface area contributed by atoms with Gasteiger partial charge < -0.3 is 14.6 Å². The Balaban J connectivity index is 2.02. The Labute approximate surface area is 120 Å². The average Bonchev–Trinajstić information content (AvgIpc) is 2.84. The van der Waals surface area contributed by atoms with Gasteiger partial charge in [-0.05, 0) is 25.1 Å². The van der Waals surface area contributed by atoms with Crippen LogP contribution in [0.4, 0.5) is 0 Å². The lowest BCUT2D eigenvalue weighted by molar-refractivity contribution is 0.0696. The first-order valence-electron chi connectivity index (χ1n) is 6.05. The van der Waals surface area contributed by atoms with Crippen LogP contribution in [0.5, 0.6) is 11.5 Å². The lowest BCUT2D eigenvalue weighted by Crippen LogP contribution is -2.04. The molecule has 1 aromatic carbocycles. The van der Waals surface area contributed by atoms with Gasteiger partial charge >= 0.3 is 5.97 Å². The van der Waals surface area contributed by atoms with E-state index < -0.39 is 5.97 Å². The number of carboxylic acids is 1. The SMILES string of the molecule is COc1cc(C(=O)O)ccc1OCCc1scnc1C. The van der Waals surface area contributed by atoms with Gasteiger partial charge in [0.15, 0.2) is 11.5 Å². The Morgan fingerprint density at radius 3 is 2.80 bits per heavy atom. The third kappa shape index (κ3) is 3.27. The topological polar surface area (TPSA) is 68.7 Å². The first kappa shape index (κ1) is 14.3. The number of benzene rings is 1. The molecular weight excluding hydrogens is 278 g/mol. The summed E-state index contributed by atoms with van der Waals surface area (Å²) >= 11 is 1.60. The molecule has 0 bridgehead atoms. The maximum absolute atomic E-state index is 10.9. The van der Waals surface area contributed by atoms with Crippen molar-refractivity contribution in [2.24, 2.45) is 0 Å². The highest BCUT2D eigenvalue weighted by atomic mass is 32.1. The van der Waals surface area contributed by atoms with Crippen molar-refractivity contribution < 1.29 is 19.4 Å². The van der Waals surface area contributed by atoms with E-state index in [1.165, 1.54) is 24.1 Å². The fourth-order valence-corrected chi connectivity index (χ4v) is 2.50. The number of aromatic nitrogens is 1. The molecular formula is C14H15NO4S. The first-order valence-corrected chi connectivity index (χ1v) is 6.93. The lowest BCUT2D eigenvalue weighted by atomic mass is 10.2. The Kier molecular flexibility index (Phi) is 4.57. The predicted molar refractivity (Wildman–Crippen MR) is 76.0 cm³/mol. The summed E-state index contributed by atoms with van der Waals surface area (Å²) < 4.78 is 10.8. The summed E-state index contributed by atoms with van der Waals surface area (Å²) in [6, 6.07) is 4.57. The number of carboxylic acid groups (broad SMARTS) is 1. The fraction of sp³-hybridized carbons (Fsp3) is 0.286. The van der Waals surface area contributed by atoms with Crippen molar-refractivity contribution in [2.45, 2.75) is 13.3 Å². The summed E-state index contributed by atoms with van der Waals surface area (Å²) in [5.74, 6) is -0.0271. The van der Waals surface area contributed by atoms with Crippen molar-refractivity contribution in [3.63, 3.8) is 0 Å². The maximum Gasteiger partial charge on any atom is 0.335 e. The summed E-state index contributed by atoms with van der Waals surface area (Å²) in [6.45, 7) is 2.46. The fourth-order valence-electron chi connectivity index (χ4n) is 1.74. The number of hydrogen-bond donors (Lipinski definition) is 1. The van der Waals surface area contributed by atoms with E-state index in [9.17, 15) is 4.79 Å². The molecule has 0 aliphatic carbocycles. The number of rotatable bonds is 6. The van der Waals surface area contributed by atoms with E-state index in [2.05, 4.69) is 4.98 Å². The zero-order chi connectivity index (χ0) is 14.5. The van der Waals surface area contributed by atoms with E-state index in [0.29, 0.717) is 18.1 Å². The molecule has 6 heteroatoms. The van der Waals surface area contributed by atoms with Gasteiger partial charge in [0.05, 0.1) is 30.5 Å². The van der Waals surface area contributed by atoms with Crippen molar-refractivity contribution in [1.82, 2.24) is 4.98 Å². The van der Waals surface area contributed by atoms with Gasteiger partial charge in [-0.1, -0.05) is 0 Å². The number of thiazole rings is 1. The third-order valence-corrected chi connectivity index (χ3v) is 3.84. The molecule has 0 aliphatic heterocycles. The third-order valence-electron chi connectivity index (χ3n) is 2.84. The van der Waals surface area contributed by atoms with Crippen LogP contribution in [-0.2, 0) is 6.42 Å². The smallest absolute Gasteiger partial charge is 0.335 e. The second kappa shape index (κ2) is 6.38. The molecule has 1 N–H and O–H groups in total. The van der Waals surface area contributed by atoms with Crippen molar-refractivity contribution >= 4 is 17.3 Å². The quantitative estimate of drug-likeness (QED) is 0.887. The number of aromatic carboxylic acids is 1.